The number of rotatable bonds is 3. The van der Waals surface area contributed by atoms with Crippen molar-refractivity contribution in [1.29, 1.82) is 0 Å². The minimum absolute atomic E-state index is 0.118. The van der Waals surface area contributed by atoms with E-state index < -0.39 is 23.1 Å². The summed E-state index contributed by atoms with van der Waals surface area (Å²) in [6, 6.07) is 10.7. The minimum atomic E-state index is -0.847. The van der Waals surface area contributed by atoms with Crippen molar-refractivity contribution in [3.8, 4) is 0 Å². The molecule has 2 aromatic rings. The van der Waals surface area contributed by atoms with Crippen LogP contribution in [-0.2, 0) is 0 Å². The summed E-state index contributed by atoms with van der Waals surface area (Å²) in [6.45, 7) is 0. The molecule has 0 heterocycles. The number of hydrogen-bond acceptors (Lipinski definition) is 1. The van der Waals surface area contributed by atoms with Gasteiger partial charge in [-0.1, -0.05) is 29.8 Å². The summed E-state index contributed by atoms with van der Waals surface area (Å²) in [5.74, 6) is -2.25. The molecule has 3 rings (SSSR count). The Balaban J connectivity index is 1.73. The maximum absolute atomic E-state index is 13.6. The number of halogens is 3. The summed E-state index contributed by atoms with van der Waals surface area (Å²) in [5, 5.41) is 3.38. The third-order valence-corrected chi connectivity index (χ3v) is 4.33. The summed E-state index contributed by atoms with van der Waals surface area (Å²) in [6.07, 6.45) is 1.71. The molecule has 0 aromatic heterocycles. The lowest BCUT2D eigenvalue weighted by Gasteiger charge is -2.37. The lowest BCUT2D eigenvalue weighted by Crippen LogP contribution is -2.45. The summed E-state index contributed by atoms with van der Waals surface area (Å²) in [5.41, 5.74) is 0.541. The molecule has 5 heteroatoms. The number of hydrogen-bond donors (Lipinski definition) is 1. The Morgan fingerprint density at radius 2 is 1.68 bits per heavy atom. The molecule has 0 spiro atoms. The third-order valence-electron chi connectivity index (χ3n) is 4.08. The molecular formula is C17H14ClF2NO. The summed E-state index contributed by atoms with van der Waals surface area (Å²) in [4.78, 5) is 12.1. The summed E-state index contributed by atoms with van der Waals surface area (Å²) < 4.78 is 27.2. The zero-order valence-corrected chi connectivity index (χ0v) is 12.4. The van der Waals surface area contributed by atoms with Crippen molar-refractivity contribution in [2.45, 2.75) is 24.8 Å². The van der Waals surface area contributed by atoms with Crippen LogP contribution in [0.5, 0.6) is 0 Å². The fraction of sp³-hybridized carbons (Fsp3) is 0.235. The maximum atomic E-state index is 13.6. The average molecular weight is 322 g/mol. The van der Waals surface area contributed by atoms with Crippen LogP contribution in [0.25, 0.3) is 0 Å². The zero-order valence-electron chi connectivity index (χ0n) is 11.7. The quantitative estimate of drug-likeness (QED) is 0.897. The monoisotopic (exact) mass is 321 g/mol. The van der Waals surface area contributed by atoms with Crippen LogP contribution < -0.4 is 5.32 Å². The Labute approximate surface area is 132 Å². The van der Waals surface area contributed by atoms with Crippen molar-refractivity contribution < 1.29 is 13.6 Å². The van der Waals surface area contributed by atoms with Crippen molar-refractivity contribution >= 4 is 17.5 Å². The van der Waals surface area contributed by atoms with Crippen molar-refractivity contribution in [1.82, 2.24) is 5.32 Å². The standard InChI is InChI=1S/C17H14ClF2NO/c18-11-6-4-10(5-7-11)12-8-9-15(12)21-17(22)16-13(19)2-1-3-14(16)20/h1-7,12,15H,8-9H2,(H,21,22)/t12-,15-/m0/s1. The number of benzene rings is 2. The van der Waals surface area contributed by atoms with Gasteiger partial charge in [-0.3, -0.25) is 4.79 Å². The van der Waals surface area contributed by atoms with Gasteiger partial charge in [0.1, 0.15) is 17.2 Å². The highest BCUT2D eigenvalue weighted by molar-refractivity contribution is 6.30. The van der Waals surface area contributed by atoms with E-state index in [1.54, 1.807) is 12.1 Å². The van der Waals surface area contributed by atoms with Crippen LogP contribution in [0.15, 0.2) is 42.5 Å². The van der Waals surface area contributed by atoms with Crippen molar-refractivity contribution in [2.75, 3.05) is 0 Å². The molecule has 0 saturated heterocycles. The lowest BCUT2D eigenvalue weighted by molar-refractivity contribution is 0.0896. The molecule has 114 valence electrons. The normalized spacial score (nSPS) is 20.3. The minimum Gasteiger partial charge on any atom is -0.349 e. The van der Waals surface area contributed by atoms with Crippen molar-refractivity contribution in [2.24, 2.45) is 0 Å². The molecule has 1 aliphatic carbocycles. The molecular weight excluding hydrogens is 308 g/mol. The van der Waals surface area contributed by atoms with Crippen LogP contribution in [0.1, 0.15) is 34.7 Å². The molecule has 22 heavy (non-hydrogen) atoms. The summed E-state index contributed by atoms with van der Waals surface area (Å²) >= 11 is 5.86. The van der Waals surface area contributed by atoms with Crippen molar-refractivity contribution in [3.63, 3.8) is 0 Å². The highest BCUT2D eigenvalue weighted by atomic mass is 35.5. The topological polar surface area (TPSA) is 29.1 Å². The second-order valence-corrected chi connectivity index (χ2v) is 5.85. The van der Waals surface area contributed by atoms with E-state index in [0.29, 0.717) is 5.02 Å². The number of amides is 1. The predicted octanol–water partition coefficient (Wildman–Crippen LogP) is 4.29. The molecule has 0 aliphatic heterocycles. The molecule has 1 fully saturated rings. The molecule has 0 bridgehead atoms. The van der Waals surface area contributed by atoms with E-state index >= 15 is 0 Å². The van der Waals surface area contributed by atoms with Crippen LogP contribution in [0.2, 0.25) is 5.02 Å². The molecule has 1 N–H and O–H groups in total. The number of carbonyl (C=O) groups is 1. The van der Waals surface area contributed by atoms with E-state index in [-0.39, 0.29) is 12.0 Å². The van der Waals surface area contributed by atoms with E-state index in [2.05, 4.69) is 5.32 Å². The molecule has 2 nitrogen and oxygen atoms in total. The average Bonchev–Trinajstić information content (AvgIpc) is 2.46. The van der Waals surface area contributed by atoms with Gasteiger partial charge < -0.3 is 5.32 Å². The summed E-state index contributed by atoms with van der Waals surface area (Å²) in [7, 11) is 0. The Morgan fingerprint density at radius 3 is 2.23 bits per heavy atom. The van der Waals surface area contributed by atoms with E-state index in [1.807, 2.05) is 12.1 Å². The van der Waals surface area contributed by atoms with Gasteiger partial charge >= 0.3 is 0 Å². The van der Waals surface area contributed by atoms with E-state index in [4.69, 9.17) is 11.6 Å². The Kier molecular flexibility index (Phi) is 4.12. The first kappa shape index (κ1) is 15.0. The molecule has 2 atom stereocenters. The van der Waals surface area contributed by atoms with Crippen molar-refractivity contribution in [3.05, 3.63) is 70.2 Å². The van der Waals surface area contributed by atoms with Crippen LogP contribution in [0.3, 0.4) is 0 Å². The molecule has 1 aliphatic rings. The number of nitrogens with one attached hydrogen (secondary N) is 1. The third kappa shape index (κ3) is 2.83. The largest absolute Gasteiger partial charge is 0.349 e. The van der Waals surface area contributed by atoms with Gasteiger partial charge in [0.15, 0.2) is 0 Å². The Morgan fingerprint density at radius 1 is 1.05 bits per heavy atom. The molecule has 0 radical (unpaired) electrons. The lowest BCUT2D eigenvalue weighted by atomic mass is 9.75. The first-order valence-electron chi connectivity index (χ1n) is 7.06. The fourth-order valence-corrected chi connectivity index (χ4v) is 2.86. The predicted molar refractivity (Wildman–Crippen MR) is 81.0 cm³/mol. The van der Waals surface area contributed by atoms with Gasteiger partial charge in [0.05, 0.1) is 0 Å². The molecule has 1 saturated carbocycles. The van der Waals surface area contributed by atoms with Gasteiger partial charge in [-0.15, -0.1) is 0 Å². The second kappa shape index (κ2) is 6.05. The second-order valence-electron chi connectivity index (χ2n) is 5.41. The highest BCUT2D eigenvalue weighted by Gasteiger charge is 2.34. The zero-order chi connectivity index (χ0) is 15.7. The van der Waals surface area contributed by atoms with E-state index in [9.17, 15) is 13.6 Å². The first-order valence-corrected chi connectivity index (χ1v) is 7.44. The first-order chi connectivity index (χ1) is 10.6. The smallest absolute Gasteiger partial charge is 0.257 e. The van der Waals surface area contributed by atoms with Gasteiger partial charge in [0.2, 0.25) is 0 Å². The van der Waals surface area contributed by atoms with Crippen LogP contribution >= 0.6 is 11.6 Å². The van der Waals surface area contributed by atoms with Gasteiger partial charge in [0, 0.05) is 17.0 Å². The van der Waals surface area contributed by atoms with Crippen LogP contribution in [0, 0.1) is 11.6 Å². The highest BCUT2D eigenvalue weighted by Crippen LogP contribution is 2.37. The Bertz CT molecular complexity index is 682. The molecule has 2 aromatic carbocycles. The molecule has 1 amide bonds. The van der Waals surface area contributed by atoms with Gasteiger partial charge in [-0.2, -0.15) is 0 Å². The van der Waals surface area contributed by atoms with Gasteiger partial charge in [0.25, 0.3) is 5.91 Å². The maximum Gasteiger partial charge on any atom is 0.257 e. The van der Waals surface area contributed by atoms with E-state index in [0.717, 1.165) is 30.5 Å². The van der Waals surface area contributed by atoms with Crippen LogP contribution in [0.4, 0.5) is 8.78 Å². The Hall–Kier alpha value is -1.94. The van der Waals surface area contributed by atoms with Crippen LogP contribution in [-0.4, -0.2) is 11.9 Å². The molecule has 0 unspecified atom stereocenters. The van der Waals surface area contributed by atoms with E-state index in [1.165, 1.54) is 6.07 Å². The fourth-order valence-electron chi connectivity index (χ4n) is 2.74. The SMILES string of the molecule is O=C(N[C@H]1CC[C@H]1c1ccc(Cl)cc1)c1c(F)cccc1F. The number of carbonyl (C=O) groups excluding carboxylic acids is 1. The van der Waals surface area contributed by atoms with Gasteiger partial charge in [-0.05, 0) is 42.7 Å². The van der Waals surface area contributed by atoms with Gasteiger partial charge in [-0.25, -0.2) is 8.78 Å².